The Morgan fingerprint density at radius 2 is 1.73 bits per heavy atom. The van der Waals surface area contributed by atoms with Gasteiger partial charge in [-0.1, -0.05) is 36.4 Å². The maximum atomic E-state index is 2.51. The molecule has 0 bridgehead atoms. The van der Waals surface area contributed by atoms with E-state index in [1.54, 1.807) is 0 Å². The monoisotopic (exact) mass is 201 g/mol. The van der Waals surface area contributed by atoms with Crippen LogP contribution in [0.1, 0.15) is 31.7 Å². The summed E-state index contributed by atoms with van der Waals surface area (Å²) in [5, 5.41) is 0. The predicted molar refractivity (Wildman–Crippen MR) is 65.5 cm³/mol. The van der Waals surface area contributed by atoms with Gasteiger partial charge in [-0.2, -0.15) is 0 Å². The molecule has 1 aliphatic heterocycles. The number of nitrogens with zero attached hydrogens (tertiary/aromatic N) is 1. The van der Waals surface area contributed by atoms with E-state index in [2.05, 4.69) is 48.2 Å². The quantitative estimate of drug-likeness (QED) is 0.707. The minimum absolute atomic E-state index is 1.22. The molecule has 0 atom stereocenters. The lowest BCUT2D eigenvalue weighted by Crippen LogP contribution is -2.28. The molecule has 0 spiro atoms. The third-order valence-electron chi connectivity index (χ3n) is 3.04. The lowest BCUT2D eigenvalue weighted by molar-refractivity contribution is 0.325. The second kappa shape index (κ2) is 5.01. The molecule has 0 unspecified atom stereocenters. The van der Waals surface area contributed by atoms with E-state index in [9.17, 15) is 0 Å². The zero-order valence-corrected chi connectivity index (χ0v) is 9.45. The van der Waals surface area contributed by atoms with Gasteiger partial charge in [-0.05, 0) is 31.7 Å². The Morgan fingerprint density at radius 3 is 2.33 bits per heavy atom. The summed E-state index contributed by atoms with van der Waals surface area (Å²) < 4.78 is 0. The Morgan fingerprint density at radius 1 is 1.07 bits per heavy atom. The molecule has 0 amide bonds. The van der Waals surface area contributed by atoms with E-state index in [1.165, 1.54) is 43.6 Å². The highest BCUT2D eigenvalue weighted by Crippen LogP contribution is 2.22. The van der Waals surface area contributed by atoms with Crippen LogP contribution >= 0.6 is 0 Å². The van der Waals surface area contributed by atoms with Crippen molar-refractivity contribution < 1.29 is 0 Å². The van der Waals surface area contributed by atoms with Crippen LogP contribution < -0.4 is 0 Å². The van der Waals surface area contributed by atoms with E-state index in [-0.39, 0.29) is 0 Å². The van der Waals surface area contributed by atoms with Crippen molar-refractivity contribution in [1.29, 1.82) is 0 Å². The highest BCUT2D eigenvalue weighted by Gasteiger charge is 2.13. The van der Waals surface area contributed by atoms with Crippen molar-refractivity contribution in [2.45, 2.75) is 26.2 Å². The van der Waals surface area contributed by atoms with E-state index in [0.717, 1.165) is 0 Å². The molecule has 1 saturated heterocycles. The summed E-state index contributed by atoms with van der Waals surface area (Å²) in [5.74, 6) is 0. The molecule has 1 nitrogen and oxygen atoms in total. The minimum Gasteiger partial charge on any atom is -0.371 e. The highest BCUT2D eigenvalue weighted by atomic mass is 15.1. The second-order valence-corrected chi connectivity index (χ2v) is 4.09. The Labute approximate surface area is 92.4 Å². The SMILES string of the molecule is CC=C(c1ccccc1)N1CCCCC1. The van der Waals surface area contributed by atoms with Crippen molar-refractivity contribution in [2.75, 3.05) is 13.1 Å². The fourth-order valence-electron chi connectivity index (χ4n) is 2.28. The van der Waals surface area contributed by atoms with Crippen LogP contribution in [-0.4, -0.2) is 18.0 Å². The molecular weight excluding hydrogens is 182 g/mol. The average molecular weight is 201 g/mol. The van der Waals surface area contributed by atoms with E-state index < -0.39 is 0 Å². The number of rotatable bonds is 2. The smallest absolute Gasteiger partial charge is 0.0396 e. The van der Waals surface area contributed by atoms with Gasteiger partial charge in [0.2, 0.25) is 0 Å². The van der Waals surface area contributed by atoms with Crippen LogP contribution in [0.5, 0.6) is 0 Å². The van der Waals surface area contributed by atoms with Crippen molar-refractivity contribution in [3.8, 4) is 0 Å². The first-order valence-electron chi connectivity index (χ1n) is 5.88. The molecule has 2 rings (SSSR count). The number of allylic oxidation sites excluding steroid dienone is 1. The van der Waals surface area contributed by atoms with Crippen LogP contribution in [0.4, 0.5) is 0 Å². The predicted octanol–water partition coefficient (Wildman–Crippen LogP) is 3.53. The van der Waals surface area contributed by atoms with Gasteiger partial charge in [-0.25, -0.2) is 0 Å². The maximum absolute atomic E-state index is 2.51. The first kappa shape index (κ1) is 10.3. The molecule has 0 aromatic heterocycles. The van der Waals surface area contributed by atoms with E-state index >= 15 is 0 Å². The van der Waals surface area contributed by atoms with Gasteiger partial charge in [-0.3, -0.25) is 0 Å². The summed E-state index contributed by atoms with van der Waals surface area (Å²) in [4.78, 5) is 2.51. The molecule has 0 radical (unpaired) electrons. The van der Waals surface area contributed by atoms with Gasteiger partial charge in [0.15, 0.2) is 0 Å². The molecule has 0 saturated carbocycles. The lowest BCUT2D eigenvalue weighted by Gasteiger charge is -2.31. The number of benzene rings is 1. The molecule has 15 heavy (non-hydrogen) atoms. The lowest BCUT2D eigenvalue weighted by atomic mass is 10.1. The summed E-state index contributed by atoms with van der Waals surface area (Å²) in [5.41, 5.74) is 2.75. The zero-order valence-electron chi connectivity index (χ0n) is 9.45. The second-order valence-electron chi connectivity index (χ2n) is 4.09. The summed E-state index contributed by atoms with van der Waals surface area (Å²) in [6.07, 6.45) is 6.30. The molecule has 1 heteroatoms. The Balaban J connectivity index is 2.17. The molecule has 0 aliphatic carbocycles. The van der Waals surface area contributed by atoms with Crippen molar-refractivity contribution in [3.05, 3.63) is 42.0 Å². The van der Waals surface area contributed by atoms with Gasteiger partial charge >= 0.3 is 0 Å². The normalized spacial score (nSPS) is 17.9. The Bertz CT molecular complexity index is 320. The summed E-state index contributed by atoms with van der Waals surface area (Å²) in [6, 6.07) is 10.7. The van der Waals surface area contributed by atoms with E-state index in [1.807, 2.05) is 0 Å². The van der Waals surface area contributed by atoms with E-state index in [0.29, 0.717) is 0 Å². The van der Waals surface area contributed by atoms with Gasteiger partial charge in [0, 0.05) is 18.8 Å². The highest BCUT2D eigenvalue weighted by molar-refractivity contribution is 5.63. The van der Waals surface area contributed by atoms with Crippen LogP contribution in [0.2, 0.25) is 0 Å². The molecule has 1 aliphatic rings. The topological polar surface area (TPSA) is 3.24 Å². The van der Waals surface area contributed by atoms with Crippen molar-refractivity contribution in [1.82, 2.24) is 4.90 Å². The standard InChI is InChI=1S/C14H19N/c1-2-14(13-9-5-3-6-10-13)15-11-7-4-8-12-15/h2-3,5-6,9-10H,4,7-8,11-12H2,1H3. The average Bonchev–Trinajstić information content (AvgIpc) is 2.33. The zero-order chi connectivity index (χ0) is 10.5. The molecular formula is C14H19N. The minimum atomic E-state index is 1.22. The van der Waals surface area contributed by atoms with Gasteiger partial charge < -0.3 is 4.90 Å². The van der Waals surface area contributed by atoms with Crippen LogP contribution in [0, 0.1) is 0 Å². The van der Waals surface area contributed by atoms with Crippen LogP contribution in [0.25, 0.3) is 5.70 Å². The Kier molecular flexibility index (Phi) is 3.44. The fourth-order valence-corrected chi connectivity index (χ4v) is 2.28. The number of hydrogen-bond donors (Lipinski definition) is 0. The maximum Gasteiger partial charge on any atom is 0.0396 e. The van der Waals surface area contributed by atoms with Crippen LogP contribution in [-0.2, 0) is 0 Å². The van der Waals surface area contributed by atoms with Crippen LogP contribution in [0.3, 0.4) is 0 Å². The molecule has 1 fully saturated rings. The van der Waals surface area contributed by atoms with Crippen molar-refractivity contribution in [2.24, 2.45) is 0 Å². The number of piperidine rings is 1. The number of hydrogen-bond acceptors (Lipinski definition) is 1. The summed E-state index contributed by atoms with van der Waals surface area (Å²) >= 11 is 0. The third-order valence-corrected chi connectivity index (χ3v) is 3.04. The number of likely N-dealkylation sites (tertiary alicyclic amines) is 1. The van der Waals surface area contributed by atoms with Crippen LogP contribution in [0.15, 0.2) is 36.4 Å². The third kappa shape index (κ3) is 2.41. The molecule has 1 aromatic rings. The van der Waals surface area contributed by atoms with Gasteiger partial charge in [-0.15, -0.1) is 0 Å². The molecule has 0 N–H and O–H groups in total. The van der Waals surface area contributed by atoms with Gasteiger partial charge in [0.05, 0.1) is 0 Å². The van der Waals surface area contributed by atoms with Crippen molar-refractivity contribution in [3.63, 3.8) is 0 Å². The van der Waals surface area contributed by atoms with E-state index in [4.69, 9.17) is 0 Å². The molecule has 1 heterocycles. The first-order valence-corrected chi connectivity index (χ1v) is 5.88. The molecule has 80 valence electrons. The summed E-state index contributed by atoms with van der Waals surface area (Å²) in [6.45, 7) is 4.57. The van der Waals surface area contributed by atoms with Gasteiger partial charge in [0.25, 0.3) is 0 Å². The molecule has 1 aromatic carbocycles. The largest absolute Gasteiger partial charge is 0.371 e. The van der Waals surface area contributed by atoms with Gasteiger partial charge in [0.1, 0.15) is 0 Å². The van der Waals surface area contributed by atoms with Crippen molar-refractivity contribution >= 4 is 5.70 Å². The Hall–Kier alpha value is -1.24. The first-order chi connectivity index (χ1) is 7.42. The summed E-state index contributed by atoms with van der Waals surface area (Å²) in [7, 11) is 0. The fraction of sp³-hybridized carbons (Fsp3) is 0.429.